The van der Waals surface area contributed by atoms with Crippen molar-refractivity contribution in [2.24, 2.45) is 5.92 Å². The minimum atomic E-state index is 0.701. The number of hydrogen-bond donors (Lipinski definition) is 1. The molecule has 3 rings (SSSR count). The highest BCUT2D eigenvalue weighted by molar-refractivity contribution is 7.71. The molecule has 0 atom stereocenters. The van der Waals surface area contributed by atoms with E-state index >= 15 is 0 Å². The summed E-state index contributed by atoms with van der Waals surface area (Å²) in [6, 6.07) is 12.6. The summed E-state index contributed by atoms with van der Waals surface area (Å²) in [5.41, 5.74) is 4.67. The number of nitrogens with one attached hydrogen (secondary N) is 1. The lowest BCUT2D eigenvalue weighted by molar-refractivity contribution is 0.582. The Balaban J connectivity index is 2.01. The highest BCUT2D eigenvalue weighted by Gasteiger charge is 2.04. The van der Waals surface area contributed by atoms with Crippen molar-refractivity contribution in [1.82, 2.24) is 9.97 Å². The third-order valence-corrected chi connectivity index (χ3v) is 4.23. The van der Waals surface area contributed by atoms with E-state index in [0.29, 0.717) is 5.92 Å². The molecule has 1 N–H and O–H groups in total. The molecule has 3 heteroatoms. The first-order valence-electron chi connectivity index (χ1n) is 7.70. The van der Waals surface area contributed by atoms with E-state index < -0.39 is 0 Å². The summed E-state index contributed by atoms with van der Waals surface area (Å²) in [5, 5.41) is 1.11. The van der Waals surface area contributed by atoms with Gasteiger partial charge in [0, 0.05) is 33.5 Å². The summed E-state index contributed by atoms with van der Waals surface area (Å²) >= 11 is 5.60. The van der Waals surface area contributed by atoms with Gasteiger partial charge in [0.15, 0.2) is 0 Å². The van der Waals surface area contributed by atoms with Crippen LogP contribution in [0.25, 0.3) is 22.0 Å². The number of pyridine rings is 2. The number of nitrogens with zero attached hydrogens (tertiary/aromatic N) is 1. The SMILES string of the molecule is CC(C)CCc1cc(=S)c2cc(-c3ccncc3)ccc2[nH]1. The van der Waals surface area contributed by atoms with E-state index in [9.17, 15) is 0 Å². The third kappa shape index (κ3) is 3.25. The van der Waals surface area contributed by atoms with Crippen LogP contribution in [0.1, 0.15) is 26.0 Å². The molecule has 2 heterocycles. The second kappa shape index (κ2) is 6.41. The second-order valence-corrected chi connectivity index (χ2v) is 6.53. The van der Waals surface area contributed by atoms with Crippen molar-refractivity contribution in [1.29, 1.82) is 0 Å². The number of rotatable bonds is 4. The van der Waals surface area contributed by atoms with Gasteiger partial charge in [0.25, 0.3) is 0 Å². The van der Waals surface area contributed by atoms with E-state index in [1.807, 2.05) is 24.5 Å². The van der Waals surface area contributed by atoms with Gasteiger partial charge in [0.2, 0.25) is 0 Å². The van der Waals surface area contributed by atoms with Crippen molar-refractivity contribution in [3.63, 3.8) is 0 Å². The Kier molecular flexibility index (Phi) is 4.34. The van der Waals surface area contributed by atoms with Gasteiger partial charge in [-0.1, -0.05) is 32.1 Å². The molecular formula is C19H20N2S. The number of hydrogen-bond acceptors (Lipinski definition) is 2. The Morgan fingerprint density at radius 3 is 2.55 bits per heavy atom. The van der Waals surface area contributed by atoms with Crippen LogP contribution in [0.2, 0.25) is 0 Å². The number of aromatic nitrogens is 2. The topological polar surface area (TPSA) is 28.7 Å². The van der Waals surface area contributed by atoms with E-state index in [4.69, 9.17) is 12.2 Å². The van der Waals surface area contributed by atoms with Crippen LogP contribution in [0.5, 0.6) is 0 Å². The van der Waals surface area contributed by atoms with Gasteiger partial charge in [-0.3, -0.25) is 4.98 Å². The standard InChI is InChI=1S/C19H20N2S/c1-13(2)3-5-16-12-19(22)17-11-15(4-6-18(17)21-16)14-7-9-20-10-8-14/h4,6-13H,3,5H2,1-2H3,(H,21,22). The molecule has 0 saturated carbocycles. The Morgan fingerprint density at radius 2 is 1.82 bits per heavy atom. The smallest absolute Gasteiger partial charge is 0.0487 e. The average Bonchev–Trinajstić information content (AvgIpc) is 2.53. The highest BCUT2D eigenvalue weighted by Crippen LogP contribution is 2.24. The lowest BCUT2D eigenvalue weighted by atomic mass is 10.0. The first kappa shape index (κ1) is 14.9. The fraction of sp³-hybridized carbons (Fsp3) is 0.263. The van der Waals surface area contributed by atoms with Crippen LogP contribution < -0.4 is 0 Å². The highest BCUT2D eigenvalue weighted by atomic mass is 32.1. The third-order valence-electron chi connectivity index (χ3n) is 3.89. The number of fused-ring (bicyclic) bond motifs is 1. The number of H-pyrrole nitrogens is 1. The van der Waals surface area contributed by atoms with Crippen molar-refractivity contribution < 1.29 is 0 Å². The number of benzene rings is 1. The van der Waals surface area contributed by atoms with Gasteiger partial charge in [-0.2, -0.15) is 0 Å². The summed E-state index contributed by atoms with van der Waals surface area (Å²) in [4.78, 5) is 7.59. The Labute approximate surface area is 136 Å². The lowest BCUT2D eigenvalue weighted by Crippen LogP contribution is -1.96. The van der Waals surface area contributed by atoms with Gasteiger partial charge in [0.05, 0.1) is 0 Å². The molecule has 112 valence electrons. The van der Waals surface area contributed by atoms with E-state index in [-0.39, 0.29) is 0 Å². The van der Waals surface area contributed by atoms with Gasteiger partial charge < -0.3 is 4.98 Å². The molecule has 0 unspecified atom stereocenters. The van der Waals surface area contributed by atoms with E-state index in [0.717, 1.165) is 27.4 Å². The fourth-order valence-corrected chi connectivity index (χ4v) is 2.92. The van der Waals surface area contributed by atoms with Crippen molar-refractivity contribution in [2.75, 3.05) is 0 Å². The van der Waals surface area contributed by atoms with E-state index in [1.54, 1.807) is 0 Å². The van der Waals surface area contributed by atoms with Crippen LogP contribution in [0.3, 0.4) is 0 Å². The lowest BCUT2D eigenvalue weighted by Gasteiger charge is -2.09. The zero-order chi connectivity index (χ0) is 15.5. The second-order valence-electron chi connectivity index (χ2n) is 6.09. The van der Waals surface area contributed by atoms with Gasteiger partial charge >= 0.3 is 0 Å². The van der Waals surface area contributed by atoms with Crippen molar-refractivity contribution in [3.05, 3.63) is 59.0 Å². The number of aryl methyl sites for hydroxylation is 1. The van der Waals surface area contributed by atoms with Crippen LogP contribution >= 0.6 is 12.2 Å². The first-order valence-corrected chi connectivity index (χ1v) is 8.10. The van der Waals surface area contributed by atoms with Crippen LogP contribution in [0.4, 0.5) is 0 Å². The molecule has 0 fully saturated rings. The Morgan fingerprint density at radius 1 is 1.05 bits per heavy atom. The molecule has 0 saturated heterocycles. The normalized spacial score (nSPS) is 11.2. The summed E-state index contributed by atoms with van der Waals surface area (Å²) in [6.45, 7) is 4.49. The molecule has 0 spiro atoms. The van der Waals surface area contributed by atoms with E-state index in [1.165, 1.54) is 17.7 Å². The summed E-state index contributed by atoms with van der Waals surface area (Å²) < 4.78 is 0.920. The van der Waals surface area contributed by atoms with E-state index in [2.05, 4.69) is 48.1 Å². The fourth-order valence-electron chi connectivity index (χ4n) is 2.60. The maximum atomic E-state index is 5.60. The molecule has 0 aliphatic carbocycles. The van der Waals surface area contributed by atoms with Crippen molar-refractivity contribution in [3.8, 4) is 11.1 Å². The monoisotopic (exact) mass is 308 g/mol. The minimum absolute atomic E-state index is 0.701. The van der Waals surface area contributed by atoms with Gasteiger partial charge in [-0.15, -0.1) is 0 Å². The quantitative estimate of drug-likeness (QED) is 0.640. The molecule has 3 aromatic rings. The van der Waals surface area contributed by atoms with Crippen LogP contribution in [0.15, 0.2) is 48.8 Å². The molecule has 0 aliphatic rings. The zero-order valence-electron chi connectivity index (χ0n) is 13.0. The summed E-state index contributed by atoms with van der Waals surface area (Å²) in [6.07, 6.45) is 5.85. The molecule has 0 bridgehead atoms. The summed E-state index contributed by atoms with van der Waals surface area (Å²) in [5.74, 6) is 0.701. The Bertz CT molecular complexity index is 835. The van der Waals surface area contributed by atoms with Crippen molar-refractivity contribution in [2.45, 2.75) is 26.7 Å². The first-order chi connectivity index (χ1) is 10.6. The molecule has 1 aromatic carbocycles. The molecule has 0 amide bonds. The molecule has 2 aromatic heterocycles. The molecule has 0 radical (unpaired) electrons. The molecule has 2 nitrogen and oxygen atoms in total. The minimum Gasteiger partial charge on any atom is -0.358 e. The van der Waals surface area contributed by atoms with Crippen LogP contribution in [0, 0.1) is 10.4 Å². The maximum Gasteiger partial charge on any atom is 0.0487 e. The molecular weight excluding hydrogens is 288 g/mol. The van der Waals surface area contributed by atoms with Gasteiger partial charge in [-0.05, 0) is 60.2 Å². The van der Waals surface area contributed by atoms with Crippen molar-refractivity contribution >= 4 is 23.1 Å². The Hall–Kier alpha value is -2.00. The largest absolute Gasteiger partial charge is 0.358 e. The predicted octanol–water partition coefficient (Wildman–Crippen LogP) is 5.55. The van der Waals surface area contributed by atoms with Crippen LogP contribution in [-0.4, -0.2) is 9.97 Å². The zero-order valence-corrected chi connectivity index (χ0v) is 13.8. The number of aromatic amines is 1. The molecule has 22 heavy (non-hydrogen) atoms. The maximum absolute atomic E-state index is 5.60. The van der Waals surface area contributed by atoms with Gasteiger partial charge in [-0.25, -0.2) is 0 Å². The summed E-state index contributed by atoms with van der Waals surface area (Å²) in [7, 11) is 0. The predicted molar refractivity (Wildman–Crippen MR) is 95.5 cm³/mol. The molecule has 0 aliphatic heterocycles. The average molecular weight is 308 g/mol. The van der Waals surface area contributed by atoms with Gasteiger partial charge in [0.1, 0.15) is 0 Å². The van der Waals surface area contributed by atoms with Crippen LogP contribution in [-0.2, 0) is 6.42 Å².